The quantitative estimate of drug-likeness (QED) is 0.735. The predicted molar refractivity (Wildman–Crippen MR) is 119 cm³/mol. The average Bonchev–Trinajstić information content (AvgIpc) is 3.25. The van der Waals surface area contributed by atoms with Gasteiger partial charge in [0.05, 0.1) is 5.92 Å². The number of allylic oxidation sites excluding steroid dienone is 1. The van der Waals surface area contributed by atoms with Crippen molar-refractivity contribution in [3.8, 4) is 5.75 Å². The number of carbonyl (C=O) groups is 2. The van der Waals surface area contributed by atoms with Crippen LogP contribution in [0.3, 0.4) is 0 Å². The van der Waals surface area contributed by atoms with Gasteiger partial charge in [0.1, 0.15) is 12.4 Å². The van der Waals surface area contributed by atoms with Gasteiger partial charge in [-0.3, -0.25) is 19.8 Å². The molecule has 2 aliphatic rings. The van der Waals surface area contributed by atoms with Crippen molar-refractivity contribution in [3.05, 3.63) is 47.5 Å². The van der Waals surface area contributed by atoms with Gasteiger partial charge in [-0.25, -0.2) is 0 Å². The molecule has 0 aromatic heterocycles. The van der Waals surface area contributed by atoms with Gasteiger partial charge in [0.25, 0.3) is 0 Å². The largest absolute Gasteiger partial charge is 0.492 e. The molecule has 2 aromatic carbocycles. The number of nitrogens with one attached hydrogen (secondary N) is 1. The fourth-order valence-electron chi connectivity index (χ4n) is 4.70. The van der Waals surface area contributed by atoms with Crippen molar-refractivity contribution in [3.63, 3.8) is 0 Å². The first kappa shape index (κ1) is 20.6. The summed E-state index contributed by atoms with van der Waals surface area (Å²) in [5.74, 6) is 0.197. The zero-order valence-corrected chi connectivity index (χ0v) is 17.9. The SMILES string of the molecule is C/C=C(\c1c(C)ccc2cc(OCCN3CCCC3)ccc12)C1CCC(=O)NC1=O. The van der Waals surface area contributed by atoms with Crippen LogP contribution >= 0.6 is 0 Å². The molecule has 2 fully saturated rings. The first-order chi connectivity index (χ1) is 14.6. The maximum absolute atomic E-state index is 12.5. The minimum Gasteiger partial charge on any atom is -0.492 e. The number of benzene rings is 2. The molecule has 30 heavy (non-hydrogen) atoms. The number of imide groups is 1. The highest BCUT2D eigenvalue weighted by Crippen LogP contribution is 2.37. The number of nitrogens with zero attached hydrogens (tertiary/aromatic N) is 1. The van der Waals surface area contributed by atoms with Crippen molar-refractivity contribution in [2.45, 2.75) is 39.5 Å². The zero-order chi connectivity index (χ0) is 21.1. The lowest BCUT2D eigenvalue weighted by Gasteiger charge is -2.25. The number of piperidine rings is 1. The smallest absolute Gasteiger partial charge is 0.234 e. The Hall–Kier alpha value is -2.66. The summed E-state index contributed by atoms with van der Waals surface area (Å²) in [6, 6.07) is 10.4. The number of hydrogen-bond donors (Lipinski definition) is 1. The fraction of sp³-hybridized carbons (Fsp3) is 0.440. The van der Waals surface area contributed by atoms with Crippen molar-refractivity contribution in [1.29, 1.82) is 0 Å². The highest BCUT2D eigenvalue weighted by molar-refractivity contribution is 6.07. The highest BCUT2D eigenvalue weighted by Gasteiger charge is 2.31. The standard InChI is InChI=1S/C25H30N2O3/c1-3-20(22-10-11-23(28)26-25(22)29)24-17(2)6-7-18-16-19(8-9-21(18)24)30-15-14-27-12-4-5-13-27/h3,6-9,16,22H,4-5,10-15H2,1-2H3,(H,26,28,29)/b20-3-. The Balaban J connectivity index is 1.58. The minimum atomic E-state index is -0.298. The van der Waals surface area contributed by atoms with E-state index in [2.05, 4.69) is 41.4 Å². The van der Waals surface area contributed by atoms with E-state index in [0.717, 1.165) is 39.8 Å². The molecule has 1 N–H and O–H groups in total. The van der Waals surface area contributed by atoms with Crippen LogP contribution in [0.5, 0.6) is 5.75 Å². The van der Waals surface area contributed by atoms with Gasteiger partial charge in [-0.15, -0.1) is 0 Å². The molecule has 0 bridgehead atoms. The Bertz CT molecular complexity index is 989. The molecule has 1 unspecified atom stereocenters. The van der Waals surface area contributed by atoms with E-state index in [9.17, 15) is 9.59 Å². The van der Waals surface area contributed by atoms with Gasteiger partial charge in [-0.1, -0.05) is 24.3 Å². The van der Waals surface area contributed by atoms with Gasteiger partial charge in [0.2, 0.25) is 11.8 Å². The third-order valence-electron chi connectivity index (χ3n) is 6.29. The van der Waals surface area contributed by atoms with Crippen LogP contribution in [0.4, 0.5) is 0 Å². The van der Waals surface area contributed by atoms with E-state index < -0.39 is 0 Å². The number of aryl methyl sites for hydroxylation is 1. The van der Waals surface area contributed by atoms with Crippen molar-refractivity contribution in [2.75, 3.05) is 26.2 Å². The van der Waals surface area contributed by atoms with Crippen molar-refractivity contribution in [2.24, 2.45) is 5.92 Å². The second-order valence-corrected chi connectivity index (χ2v) is 8.29. The molecule has 2 amide bonds. The predicted octanol–water partition coefficient (Wildman–Crippen LogP) is 4.08. The van der Waals surface area contributed by atoms with Crippen LogP contribution < -0.4 is 10.1 Å². The Morgan fingerprint density at radius 1 is 1.20 bits per heavy atom. The molecule has 5 nitrogen and oxygen atoms in total. The minimum absolute atomic E-state index is 0.183. The summed E-state index contributed by atoms with van der Waals surface area (Å²) < 4.78 is 6.02. The van der Waals surface area contributed by atoms with Crippen LogP contribution in [0.15, 0.2) is 36.4 Å². The first-order valence-corrected chi connectivity index (χ1v) is 11.0. The molecule has 2 aliphatic heterocycles. The summed E-state index contributed by atoms with van der Waals surface area (Å²) in [5, 5.41) is 4.70. The highest BCUT2D eigenvalue weighted by atomic mass is 16.5. The molecule has 1 atom stereocenters. The normalized spacial score (nSPS) is 20.6. The monoisotopic (exact) mass is 406 g/mol. The Morgan fingerprint density at radius 2 is 2.00 bits per heavy atom. The van der Waals surface area contributed by atoms with E-state index in [1.807, 2.05) is 19.1 Å². The lowest BCUT2D eigenvalue weighted by Crippen LogP contribution is -2.41. The van der Waals surface area contributed by atoms with Crippen molar-refractivity contribution < 1.29 is 14.3 Å². The number of carbonyl (C=O) groups excluding carboxylic acids is 2. The van der Waals surface area contributed by atoms with Gasteiger partial charge in [0, 0.05) is 13.0 Å². The second kappa shape index (κ2) is 9.00. The van der Waals surface area contributed by atoms with E-state index in [0.29, 0.717) is 19.4 Å². The maximum atomic E-state index is 12.5. The van der Waals surface area contributed by atoms with E-state index in [4.69, 9.17) is 4.74 Å². The molecule has 0 radical (unpaired) electrons. The maximum Gasteiger partial charge on any atom is 0.234 e. The van der Waals surface area contributed by atoms with Crippen LogP contribution in [-0.4, -0.2) is 43.0 Å². The van der Waals surface area contributed by atoms with E-state index in [-0.39, 0.29) is 17.7 Å². The average molecular weight is 407 g/mol. The first-order valence-electron chi connectivity index (χ1n) is 11.0. The molecule has 158 valence electrons. The molecule has 0 saturated carbocycles. The van der Waals surface area contributed by atoms with Gasteiger partial charge in [0.15, 0.2) is 0 Å². The number of amides is 2. The van der Waals surface area contributed by atoms with E-state index in [1.54, 1.807) is 0 Å². The molecule has 0 aliphatic carbocycles. The Labute approximate surface area is 178 Å². The van der Waals surface area contributed by atoms with E-state index in [1.165, 1.54) is 25.9 Å². The molecular formula is C25H30N2O3. The van der Waals surface area contributed by atoms with Crippen molar-refractivity contribution in [1.82, 2.24) is 10.2 Å². The lowest BCUT2D eigenvalue weighted by molar-refractivity contribution is -0.134. The van der Waals surface area contributed by atoms with E-state index >= 15 is 0 Å². The number of rotatable bonds is 6. The summed E-state index contributed by atoms with van der Waals surface area (Å²) >= 11 is 0. The summed E-state index contributed by atoms with van der Waals surface area (Å²) in [7, 11) is 0. The summed E-state index contributed by atoms with van der Waals surface area (Å²) in [4.78, 5) is 26.5. The molecule has 2 heterocycles. The van der Waals surface area contributed by atoms with Crippen LogP contribution in [-0.2, 0) is 9.59 Å². The van der Waals surface area contributed by atoms with Crippen LogP contribution in [0.2, 0.25) is 0 Å². The molecule has 4 rings (SSSR count). The summed E-state index contributed by atoms with van der Waals surface area (Å²) in [6.45, 7) is 8.06. The molecule has 2 saturated heterocycles. The second-order valence-electron chi connectivity index (χ2n) is 8.29. The number of ether oxygens (including phenoxy) is 1. The van der Waals surface area contributed by atoms with Crippen molar-refractivity contribution >= 4 is 28.2 Å². The molecule has 2 aromatic rings. The number of likely N-dealkylation sites (tertiary alicyclic amines) is 1. The molecule has 5 heteroatoms. The Morgan fingerprint density at radius 3 is 2.73 bits per heavy atom. The summed E-state index contributed by atoms with van der Waals surface area (Å²) in [6.07, 6.45) is 5.53. The Kier molecular flexibility index (Phi) is 6.18. The zero-order valence-electron chi connectivity index (χ0n) is 17.9. The van der Waals surface area contributed by atoms with Gasteiger partial charge in [-0.2, -0.15) is 0 Å². The van der Waals surface area contributed by atoms with Gasteiger partial charge < -0.3 is 4.74 Å². The van der Waals surface area contributed by atoms with Crippen LogP contribution in [0.1, 0.15) is 43.7 Å². The molecular weight excluding hydrogens is 376 g/mol. The van der Waals surface area contributed by atoms with Gasteiger partial charge in [-0.05, 0) is 85.8 Å². The van der Waals surface area contributed by atoms with Crippen LogP contribution in [0.25, 0.3) is 16.3 Å². The topological polar surface area (TPSA) is 58.6 Å². The van der Waals surface area contributed by atoms with Crippen LogP contribution in [0, 0.1) is 12.8 Å². The third-order valence-corrected chi connectivity index (χ3v) is 6.29. The fourth-order valence-corrected chi connectivity index (χ4v) is 4.70. The summed E-state index contributed by atoms with van der Waals surface area (Å²) in [5.41, 5.74) is 3.21. The van der Waals surface area contributed by atoms with Gasteiger partial charge >= 0.3 is 0 Å². The number of fused-ring (bicyclic) bond motifs is 1. The third kappa shape index (κ3) is 4.26. The molecule has 0 spiro atoms. The number of hydrogen-bond acceptors (Lipinski definition) is 4. The lowest BCUT2D eigenvalue weighted by atomic mass is 9.82.